The van der Waals surface area contributed by atoms with Crippen LogP contribution in [0.3, 0.4) is 0 Å². The van der Waals surface area contributed by atoms with E-state index in [4.69, 9.17) is 9.15 Å². The summed E-state index contributed by atoms with van der Waals surface area (Å²) in [5, 5.41) is 10.3. The van der Waals surface area contributed by atoms with Crippen molar-refractivity contribution < 1.29 is 18.9 Å². The van der Waals surface area contributed by atoms with Gasteiger partial charge in [0.15, 0.2) is 0 Å². The van der Waals surface area contributed by atoms with Gasteiger partial charge in [0.05, 0.1) is 12.6 Å². The lowest BCUT2D eigenvalue weighted by atomic mass is 10.4. The predicted octanol–water partition coefficient (Wildman–Crippen LogP) is 1.61. The molecule has 0 radical (unpaired) electrons. The Bertz CT molecular complexity index is 451. The summed E-state index contributed by atoms with van der Waals surface area (Å²) in [6.07, 6.45) is 2.51. The molecular formula is C9H8N2O5. The van der Waals surface area contributed by atoms with Gasteiger partial charge in [0.25, 0.3) is 0 Å². The zero-order valence-electron chi connectivity index (χ0n) is 8.16. The fourth-order valence-electron chi connectivity index (χ4n) is 1.23. The van der Waals surface area contributed by atoms with Crippen LogP contribution in [0.2, 0.25) is 0 Å². The van der Waals surface area contributed by atoms with E-state index in [0.29, 0.717) is 18.9 Å². The predicted molar refractivity (Wildman–Crippen MR) is 52.5 cm³/mol. The third-order valence-corrected chi connectivity index (χ3v) is 2.00. The van der Waals surface area contributed by atoms with E-state index in [1.807, 2.05) is 0 Å². The monoisotopic (exact) mass is 224 g/mol. The molecule has 2 heterocycles. The maximum Gasteiger partial charge on any atom is 0.433 e. The van der Waals surface area contributed by atoms with E-state index in [1.165, 1.54) is 29.3 Å². The highest BCUT2D eigenvalue weighted by Gasteiger charge is 2.19. The van der Waals surface area contributed by atoms with Gasteiger partial charge in [-0.2, -0.15) is 0 Å². The van der Waals surface area contributed by atoms with Crippen molar-refractivity contribution in [2.24, 2.45) is 0 Å². The highest BCUT2D eigenvalue weighted by atomic mass is 16.6. The molecule has 2 rings (SSSR count). The van der Waals surface area contributed by atoms with E-state index in [2.05, 4.69) is 0 Å². The van der Waals surface area contributed by atoms with Gasteiger partial charge in [0, 0.05) is 6.20 Å². The molecule has 0 spiro atoms. The third-order valence-electron chi connectivity index (χ3n) is 2.00. The number of cyclic esters (lactones) is 1. The molecule has 1 aliphatic rings. The van der Waals surface area contributed by atoms with Gasteiger partial charge in [-0.1, -0.05) is 0 Å². The smallest absolute Gasteiger partial charge is 0.433 e. The average Bonchev–Trinajstić information content (AvgIpc) is 2.83. The van der Waals surface area contributed by atoms with Crippen molar-refractivity contribution in [2.75, 3.05) is 13.2 Å². The molecule has 1 aliphatic heterocycles. The van der Waals surface area contributed by atoms with E-state index in [-0.39, 0.29) is 5.88 Å². The van der Waals surface area contributed by atoms with E-state index in [9.17, 15) is 14.9 Å². The minimum atomic E-state index is -0.624. The zero-order valence-corrected chi connectivity index (χ0v) is 8.16. The topological polar surface area (TPSA) is 85.8 Å². The molecule has 0 atom stereocenters. The van der Waals surface area contributed by atoms with Gasteiger partial charge in [-0.25, -0.2) is 4.79 Å². The van der Waals surface area contributed by atoms with Crippen LogP contribution in [-0.4, -0.2) is 29.1 Å². The molecular weight excluding hydrogens is 216 g/mol. The Kier molecular flexibility index (Phi) is 2.59. The van der Waals surface area contributed by atoms with Crippen LogP contribution in [0.25, 0.3) is 6.08 Å². The van der Waals surface area contributed by atoms with Gasteiger partial charge < -0.3 is 9.15 Å². The Balaban J connectivity index is 2.05. The van der Waals surface area contributed by atoms with Crippen LogP contribution in [0.5, 0.6) is 0 Å². The van der Waals surface area contributed by atoms with Crippen LogP contribution in [0.15, 0.2) is 22.7 Å². The molecule has 7 heteroatoms. The van der Waals surface area contributed by atoms with E-state index in [0.717, 1.165) is 0 Å². The molecule has 1 aromatic rings. The quantitative estimate of drug-likeness (QED) is 0.575. The summed E-state index contributed by atoms with van der Waals surface area (Å²) >= 11 is 0. The lowest BCUT2D eigenvalue weighted by molar-refractivity contribution is -0.402. The van der Waals surface area contributed by atoms with Crippen molar-refractivity contribution in [3.63, 3.8) is 0 Å². The van der Waals surface area contributed by atoms with Gasteiger partial charge in [0.1, 0.15) is 17.3 Å². The van der Waals surface area contributed by atoms with Gasteiger partial charge in [-0.3, -0.25) is 15.0 Å². The second kappa shape index (κ2) is 4.05. The number of nitrogens with zero attached hydrogens (tertiary/aromatic N) is 2. The second-order valence-corrected chi connectivity index (χ2v) is 3.06. The Hall–Kier alpha value is -2.31. The van der Waals surface area contributed by atoms with Gasteiger partial charge >= 0.3 is 12.0 Å². The summed E-state index contributed by atoms with van der Waals surface area (Å²) in [6, 6.07) is 2.71. The molecule has 16 heavy (non-hydrogen) atoms. The standard InChI is InChI=1S/C9H8N2O5/c12-9-10(5-6-15-9)4-3-7-1-2-8(16-7)11(13)14/h1-4H,5-6H2/b4-3+. The molecule has 0 bridgehead atoms. The normalized spacial score (nSPS) is 15.8. The summed E-state index contributed by atoms with van der Waals surface area (Å²) in [6.45, 7) is 0.819. The summed E-state index contributed by atoms with van der Waals surface area (Å²) in [5.74, 6) is -0.0185. The lowest BCUT2D eigenvalue weighted by Gasteiger charge is -2.03. The summed E-state index contributed by atoms with van der Waals surface area (Å²) in [5.41, 5.74) is 0. The van der Waals surface area contributed by atoms with Crippen LogP contribution >= 0.6 is 0 Å². The van der Waals surface area contributed by atoms with Crippen LogP contribution in [0.1, 0.15) is 5.76 Å². The first-order chi connectivity index (χ1) is 7.66. The van der Waals surface area contributed by atoms with E-state index < -0.39 is 11.0 Å². The minimum Gasteiger partial charge on any atom is -0.447 e. The fourth-order valence-corrected chi connectivity index (χ4v) is 1.23. The van der Waals surface area contributed by atoms with E-state index >= 15 is 0 Å². The van der Waals surface area contributed by atoms with Crippen molar-refractivity contribution in [2.45, 2.75) is 0 Å². The molecule has 0 N–H and O–H groups in total. The minimum absolute atomic E-state index is 0.311. The lowest BCUT2D eigenvalue weighted by Crippen LogP contribution is -2.16. The Morgan fingerprint density at radius 3 is 2.88 bits per heavy atom. The highest BCUT2D eigenvalue weighted by Crippen LogP contribution is 2.17. The number of ether oxygens (including phenoxy) is 1. The molecule has 0 saturated carbocycles. The summed E-state index contributed by atoms with van der Waals surface area (Å²) < 4.78 is 9.57. The van der Waals surface area contributed by atoms with Crippen LogP contribution in [0, 0.1) is 10.1 Å². The van der Waals surface area contributed by atoms with Crippen molar-refractivity contribution in [1.29, 1.82) is 0 Å². The zero-order chi connectivity index (χ0) is 11.5. The Labute approximate surface area is 90.0 Å². The van der Waals surface area contributed by atoms with Crippen molar-refractivity contribution in [1.82, 2.24) is 4.90 Å². The molecule has 0 unspecified atom stereocenters. The fraction of sp³-hybridized carbons (Fsp3) is 0.222. The number of carbonyl (C=O) groups excluding carboxylic acids is 1. The largest absolute Gasteiger partial charge is 0.447 e. The van der Waals surface area contributed by atoms with Crippen molar-refractivity contribution in [3.8, 4) is 0 Å². The molecule has 0 aliphatic carbocycles. The third kappa shape index (κ3) is 2.02. The summed E-state index contributed by atoms with van der Waals surface area (Å²) in [7, 11) is 0. The first-order valence-corrected chi connectivity index (χ1v) is 4.52. The van der Waals surface area contributed by atoms with Crippen molar-refractivity contribution >= 4 is 18.1 Å². The molecule has 7 nitrogen and oxygen atoms in total. The number of hydrogen-bond donors (Lipinski definition) is 0. The maximum atomic E-state index is 11.0. The molecule has 0 aromatic carbocycles. The molecule has 1 fully saturated rings. The number of carbonyl (C=O) groups is 1. The molecule has 1 saturated heterocycles. The van der Waals surface area contributed by atoms with Gasteiger partial charge in [-0.15, -0.1) is 0 Å². The average molecular weight is 224 g/mol. The van der Waals surface area contributed by atoms with Crippen LogP contribution in [0.4, 0.5) is 10.7 Å². The second-order valence-electron chi connectivity index (χ2n) is 3.06. The molecule has 1 amide bonds. The highest BCUT2D eigenvalue weighted by molar-refractivity contribution is 5.71. The van der Waals surface area contributed by atoms with Crippen LogP contribution < -0.4 is 0 Å². The SMILES string of the molecule is O=C1OCCN1/C=C/c1ccc([N+](=O)[O-])o1. The molecule has 84 valence electrons. The number of hydrogen-bond acceptors (Lipinski definition) is 5. The van der Waals surface area contributed by atoms with Crippen molar-refractivity contribution in [3.05, 3.63) is 34.2 Å². The number of rotatable bonds is 3. The number of amides is 1. The first-order valence-electron chi connectivity index (χ1n) is 4.52. The number of nitro groups is 1. The Morgan fingerprint density at radius 1 is 1.50 bits per heavy atom. The van der Waals surface area contributed by atoms with E-state index in [1.54, 1.807) is 0 Å². The first kappa shape index (κ1) is 10.2. The number of furan rings is 1. The van der Waals surface area contributed by atoms with Gasteiger partial charge in [0.2, 0.25) is 0 Å². The summed E-state index contributed by atoms with van der Waals surface area (Å²) in [4.78, 5) is 22.1. The molecule has 1 aromatic heterocycles. The van der Waals surface area contributed by atoms with Gasteiger partial charge in [-0.05, 0) is 12.1 Å². The maximum absolute atomic E-state index is 11.0. The Morgan fingerprint density at radius 2 is 2.31 bits per heavy atom. The van der Waals surface area contributed by atoms with Crippen LogP contribution in [-0.2, 0) is 4.74 Å².